The first-order chi connectivity index (χ1) is 9.06. The molecule has 0 radical (unpaired) electrons. The summed E-state index contributed by atoms with van der Waals surface area (Å²) < 4.78 is 0. The van der Waals surface area contributed by atoms with E-state index in [2.05, 4.69) is 57.3 Å². The molecule has 2 rings (SSSR count). The third-order valence-corrected chi connectivity index (χ3v) is 4.55. The van der Waals surface area contributed by atoms with Crippen LogP contribution in [0.4, 0.5) is 0 Å². The molecule has 19 heavy (non-hydrogen) atoms. The van der Waals surface area contributed by atoms with Crippen molar-refractivity contribution < 1.29 is 0 Å². The summed E-state index contributed by atoms with van der Waals surface area (Å²) in [5.74, 6) is 1.60. The molecule has 1 fully saturated rings. The first kappa shape index (κ1) is 14.6. The minimum atomic E-state index is 0.455. The molecular weight excluding hydrogens is 230 g/mol. The summed E-state index contributed by atoms with van der Waals surface area (Å²) in [6.45, 7) is 9.10. The quantitative estimate of drug-likeness (QED) is 0.754. The highest BCUT2D eigenvalue weighted by Gasteiger charge is 2.20. The van der Waals surface area contributed by atoms with Gasteiger partial charge < -0.3 is 5.32 Å². The van der Waals surface area contributed by atoms with Crippen LogP contribution in [0.2, 0.25) is 0 Å². The molecule has 1 aromatic rings. The molecule has 0 bridgehead atoms. The Morgan fingerprint density at radius 3 is 2.05 bits per heavy atom. The minimum Gasteiger partial charge on any atom is -0.308 e. The van der Waals surface area contributed by atoms with Gasteiger partial charge in [0.05, 0.1) is 0 Å². The van der Waals surface area contributed by atoms with Gasteiger partial charge in [-0.25, -0.2) is 0 Å². The molecule has 0 saturated heterocycles. The Labute approximate surface area is 118 Å². The monoisotopic (exact) mass is 259 g/mol. The van der Waals surface area contributed by atoms with E-state index < -0.39 is 0 Å². The maximum absolute atomic E-state index is 3.74. The fraction of sp³-hybridized carbons (Fsp3) is 0.667. The fourth-order valence-electron chi connectivity index (χ4n) is 2.99. The maximum Gasteiger partial charge on any atom is 0.0294 e. The molecule has 2 unspecified atom stereocenters. The third kappa shape index (κ3) is 4.07. The van der Waals surface area contributed by atoms with E-state index in [0.29, 0.717) is 18.0 Å². The predicted molar refractivity (Wildman–Crippen MR) is 83.5 cm³/mol. The molecule has 2 atom stereocenters. The summed E-state index contributed by atoms with van der Waals surface area (Å²) in [6, 6.07) is 10.2. The Hall–Kier alpha value is -0.820. The van der Waals surface area contributed by atoms with E-state index in [4.69, 9.17) is 0 Å². The number of nitrogens with one attached hydrogen (secondary N) is 1. The topological polar surface area (TPSA) is 12.0 Å². The van der Waals surface area contributed by atoms with E-state index in [-0.39, 0.29) is 0 Å². The highest BCUT2D eigenvalue weighted by molar-refractivity contribution is 5.26. The second-order valence-corrected chi connectivity index (χ2v) is 6.64. The van der Waals surface area contributed by atoms with Crippen LogP contribution in [0.15, 0.2) is 24.3 Å². The molecule has 0 aromatic heterocycles. The van der Waals surface area contributed by atoms with Crippen molar-refractivity contribution in [1.82, 2.24) is 5.32 Å². The van der Waals surface area contributed by atoms with E-state index in [1.54, 1.807) is 0 Å². The van der Waals surface area contributed by atoms with Gasteiger partial charge in [-0.2, -0.15) is 0 Å². The first-order valence-electron chi connectivity index (χ1n) is 7.92. The van der Waals surface area contributed by atoms with Crippen LogP contribution < -0.4 is 5.32 Å². The third-order valence-electron chi connectivity index (χ3n) is 4.55. The van der Waals surface area contributed by atoms with Crippen LogP contribution in [0.3, 0.4) is 0 Å². The Morgan fingerprint density at radius 1 is 1.00 bits per heavy atom. The normalized spacial score (nSPS) is 19.2. The molecule has 1 heteroatoms. The summed E-state index contributed by atoms with van der Waals surface area (Å²) >= 11 is 0. The van der Waals surface area contributed by atoms with Gasteiger partial charge in [0.2, 0.25) is 0 Å². The molecular formula is C18H29N. The second kappa shape index (κ2) is 6.56. The van der Waals surface area contributed by atoms with Crippen LogP contribution in [0.5, 0.6) is 0 Å². The number of hydrogen-bond donors (Lipinski definition) is 1. The summed E-state index contributed by atoms with van der Waals surface area (Å²) in [6.07, 6.45) is 5.69. The average Bonchev–Trinajstić information content (AvgIpc) is 2.34. The number of rotatable bonds is 6. The van der Waals surface area contributed by atoms with E-state index in [9.17, 15) is 0 Å². The molecule has 0 heterocycles. The van der Waals surface area contributed by atoms with Crippen LogP contribution in [0.1, 0.15) is 76.5 Å². The minimum absolute atomic E-state index is 0.455. The van der Waals surface area contributed by atoms with E-state index in [1.165, 1.54) is 36.8 Å². The standard InChI is InChI=1S/C18H29N/c1-13(2)17-8-10-18(11-9-17)15(4)19-14(3)12-16-6-5-7-16/h8-11,13-16,19H,5-7,12H2,1-4H3. The number of benzene rings is 1. The Balaban J connectivity index is 1.85. The van der Waals surface area contributed by atoms with Crippen LogP contribution in [0, 0.1) is 5.92 Å². The highest BCUT2D eigenvalue weighted by Crippen LogP contribution is 2.31. The van der Waals surface area contributed by atoms with Gasteiger partial charge in [-0.15, -0.1) is 0 Å². The smallest absolute Gasteiger partial charge is 0.0294 e. The molecule has 1 aromatic carbocycles. The van der Waals surface area contributed by atoms with Gasteiger partial charge in [0.15, 0.2) is 0 Å². The Morgan fingerprint density at radius 2 is 1.58 bits per heavy atom. The number of hydrogen-bond acceptors (Lipinski definition) is 1. The molecule has 1 aliphatic carbocycles. The van der Waals surface area contributed by atoms with Crippen LogP contribution in [-0.2, 0) is 0 Å². The first-order valence-corrected chi connectivity index (χ1v) is 7.92. The predicted octanol–water partition coefficient (Wildman–Crippen LogP) is 5.04. The van der Waals surface area contributed by atoms with Crippen molar-refractivity contribution in [2.45, 2.75) is 71.4 Å². The lowest BCUT2D eigenvalue weighted by Crippen LogP contribution is -2.32. The van der Waals surface area contributed by atoms with E-state index in [0.717, 1.165) is 5.92 Å². The van der Waals surface area contributed by atoms with Crippen molar-refractivity contribution in [1.29, 1.82) is 0 Å². The highest BCUT2D eigenvalue weighted by atomic mass is 14.9. The van der Waals surface area contributed by atoms with Crippen molar-refractivity contribution in [3.8, 4) is 0 Å². The molecule has 0 aliphatic heterocycles. The van der Waals surface area contributed by atoms with Gasteiger partial charge >= 0.3 is 0 Å². The van der Waals surface area contributed by atoms with Gasteiger partial charge in [-0.05, 0) is 43.2 Å². The van der Waals surface area contributed by atoms with Crippen molar-refractivity contribution in [3.05, 3.63) is 35.4 Å². The molecule has 0 amide bonds. The molecule has 0 spiro atoms. The molecule has 106 valence electrons. The van der Waals surface area contributed by atoms with Gasteiger partial charge in [-0.3, -0.25) is 0 Å². The lowest BCUT2D eigenvalue weighted by atomic mass is 9.81. The summed E-state index contributed by atoms with van der Waals surface area (Å²) in [7, 11) is 0. The van der Waals surface area contributed by atoms with Crippen molar-refractivity contribution in [2.75, 3.05) is 0 Å². The fourth-order valence-corrected chi connectivity index (χ4v) is 2.99. The Kier molecular flexibility index (Phi) is 5.04. The summed E-state index contributed by atoms with van der Waals surface area (Å²) in [5.41, 5.74) is 2.84. The summed E-state index contributed by atoms with van der Waals surface area (Å²) in [5, 5.41) is 3.74. The van der Waals surface area contributed by atoms with Gasteiger partial charge in [0.1, 0.15) is 0 Å². The lowest BCUT2D eigenvalue weighted by molar-refractivity contribution is 0.259. The summed E-state index contributed by atoms with van der Waals surface area (Å²) in [4.78, 5) is 0. The molecule has 1 N–H and O–H groups in total. The molecule has 1 saturated carbocycles. The Bertz CT molecular complexity index is 375. The van der Waals surface area contributed by atoms with E-state index >= 15 is 0 Å². The van der Waals surface area contributed by atoms with Crippen molar-refractivity contribution in [3.63, 3.8) is 0 Å². The van der Waals surface area contributed by atoms with Crippen LogP contribution in [-0.4, -0.2) is 6.04 Å². The van der Waals surface area contributed by atoms with Crippen LogP contribution >= 0.6 is 0 Å². The maximum atomic E-state index is 3.74. The largest absolute Gasteiger partial charge is 0.308 e. The van der Waals surface area contributed by atoms with Crippen molar-refractivity contribution in [2.24, 2.45) is 5.92 Å². The zero-order valence-electron chi connectivity index (χ0n) is 12.9. The van der Waals surface area contributed by atoms with Gasteiger partial charge in [0, 0.05) is 12.1 Å². The van der Waals surface area contributed by atoms with Crippen LogP contribution in [0.25, 0.3) is 0 Å². The zero-order valence-corrected chi connectivity index (χ0v) is 12.9. The molecule has 1 nitrogen and oxygen atoms in total. The zero-order chi connectivity index (χ0) is 13.8. The van der Waals surface area contributed by atoms with Crippen molar-refractivity contribution >= 4 is 0 Å². The average molecular weight is 259 g/mol. The SMILES string of the molecule is CC(CC1CCC1)NC(C)c1ccc(C(C)C)cc1. The van der Waals surface area contributed by atoms with Gasteiger partial charge in [-0.1, -0.05) is 57.4 Å². The van der Waals surface area contributed by atoms with E-state index in [1.807, 2.05) is 0 Å². The molecule has 1 aliphatic rings. The second-order valence-electron chi connectivity index (χ2n) is 6.64. The van der Waals surface area contributed by atoms with Gasteiger partial charge in [0.25, 0.3) is 0 Å². The lowest BCUT2D eigenvalue weighted by Gasteiger charge is -2.30.